The summed E-state index contributed by atoms with van der Waals surface area (Å²) in [6.07, 6.45) is 0.682. The Balaban J connectivity index is 2.36. The highest BCUT2D eigenvalue weighted by Crippen LogP contribution is 2.11. The van der Waals surface area contributed by atoms with Gasteiger partial charge in [-0.2, -0.15) is 0 Å². The fourth-order valence-corrected chi connectivity index (χ4v) is 3.18. The van der Waals surface area contributed by atoms with Gasteiger partial charge in [0.05, 0.1) is 0 Å². The maximum absolute atomic E-state index is 11.9. The summed E-state index contributed by atoms with van der Waals surface area (Å²) < 4.78 is 1.16. The van der Waals surface area contributed by atoms with E-state index in [-0.39, 0.29) is 12.8 Å². The number of carbonyl (C=O) groups excluding carboxylic acids is 1. The van der Waals surface area contributed by atoms with Crippen LogP contribution in [-0.4, -0.2) is 57.9 Å². The summed E-state index contributed by atoms with van der Waals surface area (Å²) in [5.41, 5.74) is 1.18. The molecule has 0 heterocycles. The predicted octanol–water partition coefficient (Wildman–Crippen LogP) is 1.62. The highest BCUT2D eigenvalue weighted by molar-refractivity contribution is 14.1. The number of nitrogens with one attached hydrogen (secondary N) is 3. The second-order valence-corrected chi connectivity index (χ2v) is 7.76. The molecule has 0 aromatic heterocycles. The van der Waals surface area contributed by atoms with Crippen LogP contribution in [0.3, 0.4) is 0 Å². The van der Waals surface area contributed by atoms with Gasteiger partial charge in [0.1, 0.15) is 12.1 Å². The normalized spacial score (nSPS) is 12.6. The van der Waals surface area contributed by atoms with Crippen LogP contribution in [0.1, 0.15) is 37.7 Å². The van der Waals surface area contributed by atoms with Crippen molar-refractivity contribution in [2.45, 2.75) is 50.7 Å². The van der Waals surface area contributed by atoms with Crippen LogP contribution in [0.25, 0.3) is 0 Å². The molecule has 30 heavy (non-hydrogen) atoms. The van der Waals surface area contributed by atoms with Gasteiger partial charge in [0.2, 0.25) is 0 Å². The zero-order valence-electron chi connectivity index (χ0n) is 16.3. The summed E-state index contributed by atoms with van der Waals surface area (Å²) in [5, 5.41) is 34.6. The molecule has 0 aliphatic heterocycles. The van der Waals surface area contributed by atoms with Gasteiger partial charge in [0.25, 0.3) is 0 Å². The van der Waals surface area contributed by atoms with Crippen LogP contribution in [0, 0.1) is 3.57 Å². The summed E-state index contributed by atoms with van der Waals surface area (Å²) in [6.45, 7) is 1.38. The van der Waals surface area contributed by atoms with E-state index in [9.17, 15) is 24.3 Å². The van der Waals surface area contributed by atoms with Crippen molar-refractivity contribution in [1.29, 1.82) is 0 Å². The van der Waals surface area contributed by atoms with Crippen LogP contribution in [0.4, 0.5) is 4.79 Å². The minimum Gasteiger partial charge on any atom is -0.481 e. The highest BCUT2D eigenvalue weighted by Gasteiger charge is 2.24. The molecule has 0 aliphatic carbocycles. The Morgan fingerprint density at radius 2 is 1.50 bits per heavy atom. The molecule has 0 unspecified atom stereocenters. The van der Waals surface area contributed by atoms with Gasteiger partial charge in [-0.15, -0.1) is 0 Å². The maximum atomic E-state index is 11.9. The average Bonchev–Trinajstić information content (AvgIpc) is 2.67. The molecule has 2 atom stereocenters. The lowest BCUT2D eigenvalue weighted by Crippen LogP contribution is -2.51. The highest BCUT2D eigenvalue weighted by atomic mass is 127. The van der Waals surface area contributed by atoms with Crippen LogP contribution < -0.4 is 16.0 Å². The minimum absolute atomic E-state index is 0.181. The Morgan fingerprint density at radius 1 is 0.900 bits per heavy atom. The zero-order valence-corrected chi connectivity index (χ0v) is 18.4. The third kappa shape index (κ3) is 10.4. The summed E-state index contributed by atoms with van der Waals surface area (Å²) in [5.74, 6) is -3.81. The molecule has 0 radical (unpaired) electrons. The van der Waals surface area contributed by atoms with Crippen molar-refractivity contribution in [2.24, 2.45) is 0 Å². The molecule has 0 saturated carbocycles. The fourth-order valence-electron chi connectivity index (χ4n) is 2.60. The molecule has 0 bridgehead atoms. The van der Waals surface area contributed by atoms with Crippen LogP contribution in [-0.2, 0) is 20.9 Å². The Hall–Kier alpha value is -2.41. The summed E-state index contributed by atoms with van der Waals surface area (Å²) in [4.78, 5) is 45.0. The quantitative estimate of drug-likeness (QED) is 0.155. The molecule has 166 valence electrons. The lowest BCUT2D eigenvalue weighted by molar-refractivity contribution is -0.140. The number of amides is 2. The van der Waals surface area contributed by atoms with Crippen molar-refractivity contribution < 1.29 is 34.5 Å². The Kier molecular flexibility index (Phi) is 11.7. The first-order valence-electron chi connectivity index (χ1n) is 9.39. The maximum Gasteiger partial charge on any atom is 0.326 e. The Bertz CT molecular complexity index is 745. The second-order valence-electron chi connectivity index (χ2n) is 6.60. The van der Waals surface area contributed by atoms with Gasteiger partial charge >= 0.3 is 23.9 Å². The number of hydrogen-bond acceptors (Lipinski definition) is 5. The Morgan fingerprint density at radius 3 is 2.07 bits per heavy atom. The van der Waals surface area contributed by atoms with Crippen LogP contribution in [0.2, 0.25) is 0 Å². The van der Waals surface area contributed by atoms with E-state index in [2.05, 4.69) is 38.5 Å². The molecule has 0 saturated heterocycles. The number of unbranched alkanes of at least 4 members (excludes halogenated alkanes) is 1. The van der Waals surface area contributed by atoms with Gasteiger partial charge in [-0.3, -0.25) is 4.79 Å². The zero-order chi connectivity index (χ0) is 22.5. The van der Waals surface area contributed by atoms with E-state index < -0.39 is 42.4 Å². The third-order valence-electron chi connectivity index (χ3n) is 4.22. The van der Waals surface area contributed by atoms with E-state index in [0.29, 0.717) is 25.9 Å². The molecule has 0 spiro atoms. The van der Waals surface area contributed by atoms with Crippen molar-refractivity contribution in [1.82, 2.24) is 16.0 Å². The van der Waals surface area contributed by atoms with Crippen molar-refractivity contribution in [3.05, 3.63) is 33.4 Å². The summed E-state index contributed by atoms with van der Waals surface area (Å²) >= 11 is 2.26. The number of rotatable bonds is 14. The van der Waals surface area contributed by atoms with E-state index in [1.807, 2.05) is 24.3 Å². The van der Waals surface area contributed by atoms with E-state index in [4.69, 9.17) is 10.2 Å². The average molecular weight is 535 g/mol. The molecule has 2 amide bonds. The molecule has 1 rings (SSSR count). The molecule has 1 aromatic carbocycles. The number of halogens is 1. The van der Waals surface area contributed by atoms with Crippen LogP contribution >= 0.6 is 22.6 Å². The standard InChI is InChI=1S/C19H26IN3O7/c20-13-6-2-1-5-12(13)11-21-10-4-3-7-14(17(26)27)22-19(30)23-15(18(28)29)8-9-16(24)25/h1-2,5-6,14-15,21H,3-4,7-11H2,(H,24,25)(H,26,27)(H,28,29)(H2,22,23,30)/t14-,15-/m0/s1. The van der Waals surface area contributed by atoms with E-state index in [0.717, 1.165) is 3.57 Å². The molecular formula is C19H26IN3O7. The number of carbonyl (C=O) groups is 4. The van der Waals surface area contributed by atoms with E-state index >= 15 is 0 Å². The van der Waals surface area contributed by atoms with Gasteiger partial charge < -0.3 is 31.3 Å². The van der Waals surface area contributed by atoms with Gasteiger partial charge in [0.15, 0.2) is 0 Å². The molecule has 6 N–H and O–H groups in total. The van der Waals surface area contributed by atoms with Crippen molar-refractivity contribution in [3.8, 4) is 0 Å². The van der Waals surface area contributed by atoms with Crippen molar-refractivity contribution in [2.75, 3.05) is 6.54 Å². The molecule has 0 aliphatic rings. The molecule has 10 nitrogen and oxygen atoms in total. The van der Waals surface area contributed by atoms with E-state index in [1.54, 1.807) is 0 Å². The van der Waals surface area contributed by atoms with Gasteiger partial charge in [-0.05, 0) is 66.4 Å². The Labute approximate surface area is 187 Å². The van der Waals surface area contributed by atoms with Crippen LogP contribution in [0.15, 0.2) is 24.3 Å². The largest absolute Gasteiger partial charge is 0.481 e. The fraction of sp³-hybridized carbons (Fsp3) is 0.474. The summed E-state index contributed by atoms with van der Waals surface area (Å²) in [6, 6.07) is 4.42. The lowest BCUT2D eigenvalue weighted by atomic mass is 10.1. The number of hydrogen-bond donors (Lipinski definition) is 6. The number of carboxylic acids is 3. The topological polar surface area (TPSA) is 165 Å². The molecule has 1 aromatic rings. The van der Waals surface area contributed by atoms with Crippen molar-refractivity contribution >= 4 is 46.5 Å². The molecule has 11 heteroatoms. The van der Waals surface area contributed by atoms with Crippen molar-refractivity contribution in [3.63, 3.8) is 0 Å². The monoisotopic (exact) mass is 535 g/mol. The SMILES string of the molecule is O=C(O)CC[C@H](NC(=O)N[C@@H](CCCCNCc1ccccc1I)C(=O)O)C(=O)O. The lowest BCUT2D eigenvalue weighted by Gasteiger charge is -2.18. The van der Waals surface area contributed by atoms with Gasteiger partial charge in [-0.25, -0.2) is 14.4 Å². The molecular weight excluding hydrogens is 509 g/mol. The first-order valence-corrected chi connectivity index (χ1v) is 10.5. The first-order chi connectivity index (χ1) is 14.2. The first kappa shape index (κ1) is 25.6. The minimum atomic E-state index is -1.42. The van der Waals surface area contributed by atoms with Gasteiger partial charge in [0, 0.05) is 16.5 Å². The number of aliphatic carboxylic acids is 3. The second kappa shape index (κ2) is 13.7. The third-order valence-corrected chi connectivity index (χ3v) is 5.28. The summed E-state index contributed by atoms with van der Waals surface area (Å²) in [7, 11) is 0. The number of urea groups is 1. The number of benzene rings is 1. The predicted molar refractivity (Wildman–Crippen MR) is 116 cm³/mol. The van der Waals surface area contributed by atoms with Crippen LogP contribution in [0.5, 0.6) is 0 Å². The smallest absolute Gasteiger partial charge is 0.326 e. The van der Waals surface area contributed by atoms with E-state index in [1.165, 1.54) is 5.56 Å². The van der Waals surface area contributed by atoms with Gasteiger partial charge in [-0.1, -0.05) is 18.2 Å². The number of carboxylic acid groups (broad SMARTS) is 3. The molecule has 0 fully saturated rings.